The van der Waals surface area contributed by atoms with Gasteiger partial charge in [0.2, 0.25) is 6.54 Å². The van der Waals surface area contributed by atoms with Crippen LogP contribution in [-0.4, -0.2) is 46.5 Å². The third kappa shape index (κ3) is 4.48. The molecule has 1 aliphatic heterocycles. The Bertz CT molecular complexity index is 652. The molecule has 0 saturated carbocycles. The number of halogens is 1. The molecule has 1 aliphatic rings. The van der Waals surface area contributed by atoms with Gasteiger partial charge in [-0.1, -0.05) is 12.5 Å². The number of carbonyl (C=O) groups is 2. The van der Waals surface area contributed by atoms with E-state index >= 15 is 0 Å². The van der Waals surface area contributed by atoms with E-state index < -0.39 is 17.7 Å². The Hall–Kier alpha value is -2.55. The second-order valence-electron chi connectivity index (χ2n) is 5.54. The number of aliphatic carboxylic acids is 1. The molecule has 0 bridgehead atoms. The van der Waals surface area contributed by atoms with Gasteiger partial charge in [-0.3, -0.25) is 9.59 Å². The van der Waals surface area contributed by atoms with Gasteiger partial charge in [-0.05, 0) is 30.2 Å². The Balaban J connectivity index is 2.17. The van der Waals surface area contributed by atoms with Crippen molar-refractivity contribution in [1.82, 2.24) is 15.9 Å². The molecular weight excluding hydrogens is 319 g/mol. The van der Waals surface area contributed by atoms with E-state index in [-0.39, 0.29) is 31.1 Å². The van der Waals surface area contributed by atoms with Gasteiger partial charge in [-0.2, -0.15) is 5.01 Å². The lowest BCUT2D eigenvalue weighted by atomic mass is 10.0. The molecule has 1 heterocycles. The number of carbonyl (C=O) groups excluding carboxylic acids is 1. The highest BCUT2D eigenvalue weighted by molar-refractivity contribution is 5.94. The summed E-state index contributed by atoms with van der Waals surface area (Å²) in [6, 6.07) is 3.53. The molecule has 1 aromatic carbocycles. The van der Waals surface area contributed by atoms with Crippen LogP contribution >= 0.6 is 0 Å². The molecule has 1 unspecified atom stereocenters. The van der Waals surface area contributed by atoms with E-state index in [1.165, 1.54) is 12.1 Å². The summed E-state index contributed by atoms with van der Waals surface area (Å²) in [5.74, 6) is -2.17. The molecule has 1 saturated heterocycles. The minimum Gasteiger partial charge on any atom is -0.481 e. The smallest absolute Gasteiger partial charge is 0.305 e. The third-order valence-corrected chi connectivity index (χ3v) is 3.61. The Kier molecular flexibility index (Phi) is 5.80. The lowest BCUT2D eigenvalue weighted by molar-refractivity contribution is -0.602. The molecule has 24 heavy (non-hydrogen) atoms. The van der Waals surface area contributed by atoms with E-state index in [0.29, 0.717) is 17.0 Å². The lowest BCUT2D eigenvalue weighted by Gasteiger charge is -2.18. The highest BCUT2D eigenvalue weighted by atomic mass is 19.1. The maximum Gasteiger partial charge on any atom is 0.305 e. The fraction of sp³-hybridized carbons (Fsp3) is 0.467. The van der Waals surface area contributed by atoms with Gasteiger partial charge in [-0.25, -0.2) is 4.39 Å². The fourth-order valence-corrected chi connectivity index (χ4v) is 2.56. The average Bonchev–Trinajstić information content (AvgIpc) is 2.87. The molecule has 0 aromatic heterocycles. The SMILES string of the molecule is CCCN1N[N+](=O)CC1c1cc(F)cc(C(=O)NCCC(=O)O)c1. The van der Waals surface area contributed by atoms with E-state index in [1.807, 2.05) is 6.92 Å². The maximum atomic E-state index is 13.9. The van der Waals surface area contributed by atoms with Gasteiger partial charge < -0.3 is 10.4 Å². The van der Waals surface area contributed by atoms with Crippen molar-refractivity contribution in [2.75, 3.05) is 19.6 Å². The van der Waals surface area contributed by atoms with Crippen LogP contribution in [0.15, 0.2) is 18.2 Å². The first-order chi connectivity index (χ1) is 11.4. The number of hydrogen-bond acceptors (Lipinski definition) is 4. The molecule has 2 rings (SSSR count). The molecule has 0 spiro atoms. The standard InChI is InChI=1S/C15H19FN4O4/c1-2-5-19-13(9-20(24)18-19)10-6-11(8-12(16)7-10)15(23)17-4-3-14(21)22/h6-8,13H,2-5,9H2,1H3,(H2-,17,18,21,22,23,24)/p+1. The Morgan fingerprint density at radius 3 is 2.88 bits per heavy atom. The highest BCUT2D eigenvalue weighted by Gasteiger charge is 2.37. The zero-order valence-electron chi connectivity index (χ0n) is 13.3. The van der Waals surface area contributed by atoms with Crippen molar-refractivity contribution in [1.29, 1.82) is 0 Å². The number of carboxylic acids is 1. The van der Waals surface area contributed by atoms with E-state index in [1.54, 1.807) is 5.01 Å². The summed E-state index contributed by atoms with van der Waals surface area (Å²) in [7, 11) is 0. The van der Waals surface area contributed by atoms with Crippen molar-refractivity contribution in [2.45, 2.75) is 25.8 Å². The zero-order chi connectivity index (χ0) is 17.7. The summed E-state index contributed by atoms with van der Waals surface area (Å²) < 4.78 is 13.9. The molecule has 1 aromatic rings. The van der Waals surface area contributed by atoms with Crippen LogP contribution in [-0.2, 0) is 4.79 Å². The van der Waals surface area contributed by atoms with Crippen molar-refractivity contribution in [2.24, 2.45) is 0 Å². The number of benzene rings is 1. The van der Waals surface area contributed by atoms with Crippen LogP contribution in [0.25, 0.3) is 0 Å². The summed E-state index contributed by atoms with van der Waals surface area (Å²) in [6.45, 7) is 2.63. The molecule has 1 atom stereocenters. The number of nitrogens with zero attached hydrogens (tertiary/aromatic N) is 2. The number of hydrazine groups is 2. The van der Waals surface area contributed by atoms with Crippen LogP contribution in [0, 0.1) is 10.7 Å². The van der Waals surface area contributed by atoms with Gasteiger partial charge in [0.15, 0.2) is 0 Å². The van der Waals surface area contributed by atoms with Gasteiger partial charge >= 0.3 is 5.97 Å². The first-order valence-electron chi connectivity index (χ1n) is 7.68. The molecular formula is C15H20FN4O4+. The van der Waals surface area contributed by atoms with Crippen LogP contribution in [0.4, 0.5) is 4.39 Å². The predicted molar refractivity (Wildman–Crippen MR) is 82.4 cm³/mol. The summed E-state index contributed by atoms with van der Waals surface area (Å²) in [4.78, 5) is 34.7. The normalized spacial score (nSPS) is 17.6. The third-order valence-electron chi connectivity index (χ3n) is 3.61. The van der Waals surface area contributed by atoms with E-state index in [9.17, 15) is 18.9 Å². The van der Waals surface area contributed by atoms with Crippen molar-refractivity contribution >= 4 is 11.9 Å². The molecule has 1 amide bonds. The maximum absolute atomic E-state index is 13.9. The fourth-order valence-electron chi connectivity index (χ4n) is 2.56. The molecule has 0 aliphatic carbocycles. The molecule has 9 heteroatoms. The second kappa shape index (κ2) is 7.82. The Morgan fingerprint density at radius 1 is 1.46 bits per heavy atom. The topological polar surface area (TPSA) is 102 Å². The Morgan fingerprint density at radius 2 is 2.21 bits per heavy atom. The minimum atomic E-state index is -1.03. The first kappa shape index (κ1) is 17.8. The van der Waals surface area contributed by atoms with Gasteiger partial charge in [0, 0.05) is 18.7 Å². The van der Waals surface area contributed by atoms with E-state index in [0.717, 1.165) is 12.5 Å². The van der Waals surface area contributed by atoms with Gasteiger partial charge in [-0.15, -0.1) is 0 Å². The van der Waals surface area contributed by atoms with Crippen molar-refractivity contribution in [3.8, 4) is 0 Å². The average molecular weight is 339 g/mol. The second-order valence-corrected chi connectivity index (χ2v) is 5.54. The number of nitroso groups, excluding NO2 is 1. The summed E-state index contributed by atoms with van der Waals surface area (Å²) in [5.41, 5.74) is 3.25. The van der Waals surface area contributed by atoms with Gasteiger partial charge in [0.1, 0.15) is 16.7 Å². The number of carboxylic acid groups (broad SMARTS) is 1. The van der Waals surface area contributed by atoms with E-state index in [2.05, 4.69) is 10.9 Å². The van der Waals surface area contributed by atoms with Crippen molar-refractivity contribution in [3.05, 3.63) is 40.1 Å². The monoisotopic (exact) mass is 339 g/mol. The molecule has 8 nitrogen and oxygen atoms in total. The summed E-state index contributed by atoms with van der Waals surface area (Å²) in [6.07, 6.45) is 0.588. The lowest BCUT2D eigenvalue weighted by Crippen LogP contribution is -2.35. The van der Waals surface area contributed by atoms with Crippen LogP contribution in [0.3, 0.4) is 0 Å². The molecule has 3 N–H and O–H groups in total. The summed E-state index contributed by atoms with van der Waals surface area (Å²) in [5, 5.41) is 12.7. The van der Waals surface area contributed by atoms with Crippen molar-refractivity contribution < 1.29 is 24.0 Å². The molecule has 1 fully saturated rings. The van der Waals surface area contributed by atoms with Crippen LogP contribution < -0.4 is 10.9 Å². The number of rotatable bonds is 7. The summed E-state index contributed by atoms with van der Waals surface area (Å²) >= 11 is 0. The van der Waals surface area contributed by atoms with E-state index in [4.69, 9.17) is 5.11 Å². The quantitative estimate of drug-likeness (QED) is 0.641. The van der Waals surface area contributed by atoms with Gasteiger partial charge in [0.05, 0.1) is 11.3 Å². The first-order valence-corrected chi connectivity index (χ1v) is 7.68. The number of amides is 1. The minimum absolute atomic E-state index is 0.0404. The highest BCUT2D eigenvalue weighted by Crippen LogP contribution is 2.25. The zero-order valence-corrected chi connectivity index (χ0v) is 13.3. The number of nitrogens with one attached hydrogen (secondary N) is 2. The van der Waals surface area contributed by atoms with Crippen LogP contribution in [0.1, 0.15) is 41.7 Å². The van der Waals surface area contributed by atoms with Crippen LogP contribution in [0.2, 0.25) is 0 Å². The van der Waals surface area contributed by atoms with Gasteiger partial charge in [0.25, 0.3) is 5.91 Å². The number of hydrogen-bond donors (Lipinski definition) is 3. The predicted octanol–water partition coefficient (Wildman–Crippen LogP) is 0.995. The van der Waals surface area contributed by atoms with Crippen molar-refractivity contribution in [3.63, 3.8) is 0 Å². The molecule has 130 valence electrons. The molecule has 0 radical (unpaired) electrons. The largest absolute Gasteiger partial charge is 0.481 e. The Labute approximate surface area is 138 Å². The van der Waals surface area contributed by atoms with Crippen LogP contribution in [0.5, 0.6) is 0 Å².